The number of furan rings is 1. The normalized spacial score (nSPS) is 12.1. The molecule has 0 spiro atoms. The Bertz CT molecular complexity index is 549. The molecule has 2 aromatic rings. The lowest BCUT2D eigenvalue weighted by Crippen LogP contribution is -2.15. The van der Waals surface area contributed by atoms with Crippen LogP contribution >= 0.6 is 12.2 Å². The van der Waals surface area contributed by atoms with Gasteiger partial charge < -0.3 is 15.5 Å². The number of rotatable bonds is 4. The summed E-state index contributed by atoms with van der Waals surface area (Å²) >= 11 is 5.06. The number of anilines is 1. The molecule has 4 heteroatoms. The Balaban J connectivity index is 2.28. The van der Waals surface area contributed by atoms with Crippen molar-refractivity contribution in [2.24, 2.45) is 5.73 Å². The van der Waals surface area contributed by atoms with Gasteiger partial charge in [0.05, 0.1) is 12.3 Å². The Kier molecular flexibility index (Phi) is 3.67. The van der Waals surface area contributed by atoms with E-state index in [4.69, 9.17) is 22.4 Å². The van der Waals surface area contributed by atoms with Gasteiger partial charge in [0, 0.05) is 11.3 Å². The minimum Gasteiger partial charge on any atom is -0.467 e. The van der Waals surface area contributed by atoms with Crippen molar-refractivity contribution in [2.45, 2.75) is 19.9 Å². The van der Waals surface area contributed by atoms with Crippen LogP contribution in [0.25, 0.3) is 0 Å². The molecular formula is C14H16N2OS. The molecule has 0 aliphatic heterocycles. The third kappa shape index (κ3) is 2.71. The number of aryl methyl sites for hydroxylation is 1. The quantitative estimate of drug-likeness (QED) is 0.827. The first-order valence-corrected chi connectivity index (χ1v) is 6.19. The van der Waals surface area contributed by atoms with E-state index < -0.39 is 0 Å². The van der Waals surface area contributed by atoms with E-state index in [2.05, 4.69) is 5.32 Å². The maximum absolute atomic E-state index is 5.73. The van der Waals surface area contributed by atoms with Gasteiger partial charge in [-0.15, -0.1) is 0 Å². The van der Waals surface area contributed by atoms with E-state index in [-0.39, 0.29) is 6.04 Å². The summed E-state index contributed by atoms with van der Waals surface area (Å²) in [5.41, 5.74) is 8.68. The molecular weight excluding hydrogens is 244 g/mol. The van der Waals surface area contributed by atoms with Crippen LogP contribution in [0, 0.1) is 6.92 Å². The molecule has 1 heterocycles. The lowest BCUT2D eigenvalue weighted by Gasteiger charge is -2.16. The molecule has 1 atom stereocenters. The summed E-state index contributed by atoms with van der Waals surface area (Å²) in [6.45, 7) is 4.07. The summed E-state index contributed by atoms with van der Waals surface area (Å²) in [5, 5.41) is 3.37. The van der Waals surface area contributed by atoms with Crippen molar-refractivity contribution < 1.29 is 4.42 Å². The summed E-state index contributed by atoms with van der Waals surface area (Å²) in [5.74, 6) is 0.880. The summed E-state index contributed by atoms with van der Waals surface area (Å²) in [4.78, 5) is 0.393. The fourth-order valence-corrected chi connectivity index (χ4v) is 2.01. The van der Waals surface area contributed by atoms with Gasteiger partial charge in [-0.1, -0.05) is 18.3 Å². The van der Waals surface area contributed by atoms with Crippen LogP contribution in [-0.2, 0) is 0 Å². The SMILES string of the molecule is Cc1ccc(C(N)=S)c(NC(C)c2ccco2)c1. The van der Waals surface area contributed by atoms with E-state index in [1.165, 1.54) is 0 Å². The van der Waals surface area contributed by atoms with Crippen LogP contribution in [0.1, 0.15) is 29.9 Å². The predicted octanol–water partition coefficient (Wildman–Crippen LogP) is 3.40. The first-order chi connectivity index (χ1) is 8.58. The van der Waals surface area contributed by atoms with Crippen LogP contribution in [0.4, 0.5) is 5.69 Å². The Morgan fingerprint density at radius 1 is 1.39 bits per heavy atom. The maximum atomic E-state index is 5.73. The van der Waals surface area contributed by atoms with Crippen molar-refractivity contribution in [1.29, 1.82) is 0 Å². The zero-order valence-corrected chi connectivity index (χ0v) is 11.3. The van der Waals surface area contributed by atoms with E-state index >= 15 is 0 Å². The summed E-state index contributed by atoms with van der Waals surface area (Å²) in [6, 6.07) is 9.85. The largest absolute Gasteiger partial charge is 0.467 e. The Hall–Kier alpha value is -1.81. The van der Waals surface area contributed by atoms with Gasteiger partial charge >= 0.3 is 0 Å². The highest BCUT2D eigenvalue weighted by molar-refractivity contribution is 7.80. The maximum Gasteiger partial charge on any atom is 0.125 e. The monoisotopic (exact) mass is 260 g/mol. The van der Waals surface area contributed by atoms with Crippen LogP contribution in [0.3, 0.4) is 0 Å². The van der Waals surface area contributed by atoms with Gasteiger partial charge in [0.25, 0.3) is 0 Å². The molecule has 1 aromatic heterocycles. The molecule has 1 unspecified atom stereocenters. The molecule has 0 amide bonds. The van der Waals surface area contributed by atoms with E-state index in [0.29, 0.717) is 4.99 Å². The first kappa shape index (κ1) is 12.6. The Morgan fingerprint density at radius 3 is 2.78 bits per heavy atom. The molecule has 2 rings (SSSR count). The van der Waals surface area contributed by atoms with Gasteiger partial charge in [-0.05, 0) is 43.7 Å². The third-order valence-electron chi connectivity index (χ3n) is 2.78. The molecule has 0 saturated heterocycles. The highest BCUT2D eigenvalue weighted by Gasteiger charge is 2.11. The average molecular weight is 260 g/mol. The summed E-state index contributed by atoms with van der Waals surface area (Å²) in [6.07, 6.45) is 1.66. The molecule has 0 aliphatic rings. The second-order valence-electron chi connectivity index (χ2n) is 4.29. The zero-order chi connectivity index (χ0) is 13.1. The van der Waals surface area contributed by atoms with Crippen molar-refractivity contribution in [2.75, 3.05) is 5.32 Å². The van der Waals surface area contributed by atoms with Gasteiger partial charge in [0.1, 0.15) is 10.7 Å². The molecule has 3 nitrogen and oxygen atoms in total. The highest BCUT2D eigenvalue weighted by Crippen LogP contribution is 2.24. The van der Waals surface area contributed by atoms with Gasteiger partial charge in [-0.3, -0.25) is 0 Å². The standard InChI is InChI=1S/C14H16N2OS/c1-9-5-6-11(14(15)18)12(8-9)16-10(2)13-4-3-7-17-13/h3-8,10,16H,1-2H3,(H2,15,18). The van der Waals surface area contributed by atoms with Crippen molar-refractivity contribution in [3.8, 4) is 0 Å². The fourth-order valence-electron chi connectivity index (χ4n) is 1.83. The lowest BCUT2D eigenvalue weighted by molar-refractivity contribution is 0.490. The fraction of sp³-hybridized carbons (Fsp3) is 0.214. The van der Waals surface area contributed by atoms with E-state index in [9.17, 15) is 0 Å². The van der Waals surface area contributed by atoms with Gasteiger partial charge in [0.2, 0.25) is 0 Å². The second kappa shape index (κ2) is 5.23. The topological polar surface area (TPSA) is 51.2 Å². The van der Waals surface area contributed by atoms with Gasteiger partial charge in [-0.25, -0.2) is 0 Å². The lowest BCUT2D eigenvalue weighted by atomic mass is 10.1. The smallest absolute Gasteiger partial charge is 0.125 e. The zero-order valence-electron chi connectivity index (χ0n) is 10.4. The van der Waals surface area contributed by atoms with Crippen LogP contribution < -0.4 is 11.1 Å². The number of nitrogens with two attached hydrogens (primary N) is 1. The van der Waals surface area contributed by atoms with E-state index in [1.54, 1.807) is 6.26 Å². The van der Waals surface area contributed by atoms with Crippen LogP contribution in [0.2, 0.25) is 0 Å². The second-order valence-corrected chi connectivity index (χ2v) is 4.73. The highest BCUT2D eigenvalue weighted by atomic mass is 32.1. The molecule has 94 valence electrons. The third-order valence-corrected chi connectivity index (χ3v) is 3.00. The molecule has 0 aliphatic carbocycles. The number of benzene rings is 1. The minimum absolute atomic E-state index is 0.0647. The van der Waals surface area contributed by atoms with Gasteiger partial charge in [0.15, 0.2) is 0 Å². The Labute approximate surface area is 112 Å². The molecule has 3 N–H and O–H groups in total. The van der Waals surface area contributed by atoms with Crippen molar-refractivity contribution in [3.63, 3.8) is 0 Å². The minimum atomic E-state index is 0.0647. The number of thiocarbonyl (C=S) groups is 1. The number of nitrogens with one attached hydrogen (secondary N) is 1. The van der Waals surface area contributed by atoms with Crippen LogP contribution in [-0.4, -0.2) is 4.99 Å². The molecule has 0 fully saturated rings. The van der Waals surface area contributed by atoms with Crippen molar-refractivity contribution >= 4 is 22.9 Å². The van der Waals surface area contributed by atoms with E-state index in [0.717, 1.165) is 22.6 Å². The molecule has 18 heavy (non-hydrogen) atoms. The Morgan fingerprint density at radius 2 is 2.17 bits per heavy atom. The summed E-state index contributed by atoms with van der Waals surface area (Å²) < 4.78 is 5.37. The van der Waals surface area contributed by atoms with Gasteiger partial charge in [-0.2, -0.15) is 0 Å². The average Bonchev–Trinajstić information content (AvgIpc) is 2.81. The summed E-state index contributed by atoms with van der Waals surface area (Å²) in [7, 11) is 0. The van der Waals surface area contributed by atoms with E-state index in [1.807, 2.05) is 44.2 Å². The predicted molar refractivity (Wildman–Crippen MR) is 77.8 cm³/mol. The first-order valence-electron chi connectivity index (χ1n) is 5.78. The molecule has 0 radical (unpaired) electrons. The molecule has 0 bridgehead atoms. The number of hydrogen-bond donors (Lipinski definition) is 2. The number of hydrogen-bond acceptors (Lipinski definition) is 3. The molecule has 0 saturated carbocycles. The van der Waals surface area contributed by atoms with Crippen molar-refractivity contribution in [3.05, 3.63) is 53.5 Å². The van der Waals surface area contributed by atoms with Crippen molar-refractivity contribution in [1.82, 2.24) is 0 Å². The van der Waals surface area contributed by atoms with Crippen LogP contribution in [0.5, 0.6) is 0 Å². The molecule has 1 aromatic carbocycles. The van der Waals surface area contributed by atoms with Crippen LogP contribution in [0.15, 0.2) is 41.0 Å².